The van der Waals surface area contributed by atoms with Crippen molar-refractivity contribution < 1.29 is 5.48 Å². The molecule has 2 radical (unpaired) electrons. The molecule has 0 aliphatic heterocycles. The fraction of sp³-hybridized carbons (Fsp3) is 1.00. The largest absolute Gasteiger partial charge is 0.412 e. The van der Waals surface area contributed by atoms with Crippen LogP contribution in [0.1, 0.15) is 130 Å². The van der Waals surface area contributed by atoms with Crippen LogP contribution in [0.15, 0.2) is 0 Å². The molecule has 0 fully saturated rings. The van der Waals surface area contributed by atoms with Crippen molar-refractivity contribution in [3.63, 3.8) is 0 Å². The van der Waals surface area contributed by atoms with Gasteiger partial charge in [0.1, 0.15) is 0 Å². The third-order valence-electron chi connectivity index (χ3n) is 5.05. The molecule has 0 aliphatic carbocycles. The SMILES string of the molecule is CCCCC[CH2][GeH][CH2]CCCCC.CCCCC[CH2][GeH][CH2]CCCCC.O. The van der Waals surface area contributed by atoms with Crippen molar-refractivity contribution in [2.75, 3.05) is 0 Å². The second-order valence-corrected chi connectivity index (χ2v) is 15.2. The summed E-state index contributed by atoms with van der Waals surface area (Å²) in [6.45, 7) is 9.18. The van der Waals surface area contributed by atoms with Crippen LogP contribution in [-0.2, 0) is 0 Å². The van der Waals surface area contributed by atoms with E-state index in [1.807, 2.05) is 0 Å². The summed E-state index contributed by atoms with van der Waals surface area (Å²) in [5.74, 6) is 0. The molecular formula is C24H56Ge2O. The Bertz CT molecular complexity index is 171. The number of hydrogen-bond acceptors (Lipinski definition) is 0. The molecule has 0 rings (SSSR count). The molecule has 2 N–H and O–H groups in total. The maximum absolute atomic E-state index is 2.30. The zero-order chi connectivity index (χ0) is 19.6. The monoisotopic (exact) mass is 508 g/mol. The molecule has 0 aromatic rings. The van der Waals surface area contributed by atoms with Crippen molar-refractivity contribution in [2.24, 2.45) is 0 Å². The number of unbranched alkanes of at least 4 members (excludes halogenated alkanes) is 12. The molecule has 27 heavy (non-hydrogen) atoms. The second kappa shape index (κ2) is 34.5. The van der Waals surface area contributed by atoms with Gasteiger partial charge in [-0.3, -0.25) is 0 Å². The molecule has 0 atom stereocenters. The molecule has 0 spiro atoms. The van der Waals surface area contributed by atoms with E-state index in [-0.39, 0.29) is 36.3 Å². The molecule has 0 bridgehead atoms. The molecule has 0 unspecified atom stereocenters. The third kappa shape index (κ3) is 38.3. The summed E-state index contributed by atoms with van der Waals surface area (Å²) < 4.78 is 0. The Morgan fingerprint density at radius 1 is 0.333 bits per heavy atom. The van der Waals surface area contributed by atoms with Crippen molar-refractivity contribution in [2.45, 2.75) is 151 Å². The van der Waals surface area contributed by atoms with Crippen molar-refractivity contribution in [3.8, 4) is 0 Å². The maximum Gasteiger partial charge on any atom is -0.412 e. The van der Waals surface area contributed by atoms with Crippen LogP contribution >= 0.6 is 0 Å². The van der Waals surface area contributed by atoms with Crippen LogP contribution in [0, 0.1) is 0 Å². The van der Waals surface area contributed by atoms with Gasteiger partial charge >= 0.3 is 182 Å². The van der Waals surface area contributed by atoms with Crippen molar-refractivity contribution in [1.29, 1.82) is 0 Å². The first kappa shape index (κ1) is 32.7. The average Bonchev–Trinajstić information content (AvgIpc) is 2.66. The van der Waals surface area contributed by atoms with Gasteiger partial charge in [-0.15, -0.1) is 0 Å². The van der Waals surface area contributed by atoms with Gasteiger partial charge < -0.3 is 5.48 Å². The molecule has 1 nitrogen and oxygen atoms in total. The minimum atomic E-state index is 0. The number of hydrogen-bond donors (Lipinski definition) is 0. The summed E-state index contributed by atoms with van der Waals surface area (Å²) in [7, 11) is 0. The Hall–Kier alpha value is 1.05. The smallest absolute Gasteiger partial charge is 0.412 e. The van der Waals surface area contributed by atoms with Crippen molar-refractivity contribution >= 4 is 30.9 Å². The maximum atomic E-state index is 2.30. The van der Waals surface area contributed by atoms with Gasteiger partial charge in [0, 0.05) is 0 Å². The summed E-state index contributed by atoms with van der Waals surface area (Å²) in [5.41, 5.74) is 0. The molecule has 0 amide bonds. The molecular weight excluding hydrogens is 449 g/mol. The molecule has 0 aromatic carbocycles. The first-order valence-corrected chi connectivity index (χ1v) is 19.3. The van der Waals surface area contributed by atoms with Gasteiger partial charge in [0.15, 0.2) is 0 Å². The first-order valence-electron chi connectivity index (χ1n) is 12.5. The molecule has 0 aromatic heterocycles. The Kier molecular flexibility index (Phi) is 41.8. The molecule has 166 valence electrons. The van der Waals surface area contributed by atoms with Crippen LogP contribution in [-0.4, -0.2) is 36.3 Å². The fourth-order valence-electron chi connectivity index (χ4n) is 3.15. The Morgan fingerprint density at radius 2 is 0.556 bits per heavy atom. The molecule has 0 saturated heterocycles. The normalized spacial score (nSPS) is 10.2. The first-order chi connectivity index (χ1) is 12.8. The minimum absolute atomic E-state index is 0. The third-order valence-corrected chi connectivity index (χ3v) is 11.9. The summed E-state index contributed by atoms with van der Waals surface area (Å²) >= 11 is 0.430. The van der Waals surface area contributed by atoms with Gasteiger partial charge in [0.25, 0.3) is 0 Å². The Balaban J connectivity index is -0.000000411. The van der Waals surface area contributed by atoms with E-state index in [9.17, 15) is 0 Å². The van der Waals surface area contributed by atoms with Gasteiger partial charge in [-0.1, -0.05) is 0 Å². The van der Waals surface area contributed by atoms with E-state index in [1.54, 1.807) is 46.7 Å². The van der Waals surface area contributed by atoms with Crippen LogP contribution in [0.4, 0.5) is 0 Å². The van der Waals surface area contributed by atoms with Gasteiger partial charge in [-0.05, 0) is 0 Å². The minimum Gasteiger partial charge on any atom is -0.412 e. The standard InChI is InChI=1S/2C12H27Ge.H2O/c2*1-3-5-7-9-11-13-12-10-8-6-4-2;/h2*13H,3-12H2,1-2H3;1H2. The zero-order valence-corrected chi connectivity index (χ0v) is 24.6. The predicted octanol–water partition coefficient (Wildman–Crippen LogP) is 8.02. The van der Waals surface area contributed by atoms with Crippen molar-refractivity contribution in [3.05, 3.63) is 0 Å². The van der Waals surface area contributed by atoms with Crippen LogP contribution in [0.3, 0.4) is 0 Å². The summed E-state index contributed by atoms with van der Waals surface area (Å²) in [4.78, 5) is 0. The van der Waals surface area contributed by atoms with Crippen molar-refractivity contribution in [1.82, 2.24) is 0 Å². The Labute approximate surface area is 187 Å². The topological polar surface area (TPSA) is 31.5 Å². The number of rotatable bonds is 20. The van der Waals surface area contributed by atoms with E-state index in [2.05, 4.69) is 27.7 Å². The predicted molar refractivity (Wildman–Crippen MR) is 134 cm³/mol. The Morgan fingerprint density at radius 3 is 0.741 bits per heavy atom. The summed E-state index contributed by atoms with van der Waals surface area (Å²) in [6.07, 6.45) is 23.6. The fourth-order valence-corrected chi connectivity index (χ4v) is 9.21. The quantitative estimate of drug-likeness (QED) is 0.118. The van der Waals surface area contributed by atoms with Crippen LogP contribution in [0.25, 0.3) is 0 Å². The molecule has 3 heteroatoms. The van der Waals surface area contributed by atoms with E-state index in [0.717, 1.165) is 0 Å². The summed E-state index contributed by atoms with van der Waals surface area (Å²) in [5, 5.41) is 6.54. The average molecular weight is 506 g/mol. The van der Waals surface area contributed by atoms with E-state index in [1.165, 1.54) is 77.0 Å². The molecule has 0 aliphatic rings. The van der Waals surface area contributed by atoms with Gasteiger partial charge in [0.2, 0.25) is 0 Å². The van der Waals surface area contributed by atoms with E-state index in [0.29, 0.717) is 0 Å². The molecule has 0 saturated carbocycles. The van der Waals surface area contributed by atoms with Crippen LogP contribution < -0.4 is 0 Å². The van der Waals surface area contributed by atoms with E-state index < -0.39 is 0 Å². The zero-order valence-electron chi connectivity index (χ0n) is 19.8. The molecule has 0 heterocycles. The van der Waals surface area contributed by atoms with Gasteiger partial charge in [-0.2, -0.15) is 0 Å². The van der Waals surface area contributed by atoms with Crippen LogP contribution in [0.5, 0.6) is 0 Å². The van der Waals surface area contributed by atoms with E-state index >= 15 is 0 Å². The van der Waals surface area contributed by atoms with Crippen LogP contribution in [0.2, 0.25) is 21.0 Å². The summed E-state index contributed by atoms with van der Waals surface area (Å²) in [6, 6.07) is 0. The van der Waals surface area contributed by atoms with Gasteiger partial charge in [-0.25, -0.2) is 0 Å². The van der Waals surface area contributed by atoms with Gasteiger partial charge in [0.05, 0.1) is 0 Å². The second-order valence-electron chi connectivity index (χ2n) is 7.97. The van der Waals surface area contributed by atoms with E-state index in [4.69, 9.17) is 0 Å².